The van der Waals surface area contributed by atoms with E-state index in [4.69, 9.17) is 5.73 Å². The molecule has 0 spiro atoms. The molecule has 2 aromatic rings. The summed E-state index contributed by atoms with van der Waals surface area (Å²) in [6, 6.07) is 1.76. The Kier molecular flexibility index (Phi) is 3.40. The number of halogens is 3. The second-order valence-electron chi connectivity index (χ2n) is 4.40. The minimum Gasteiger partial charge on any atom is -0.357 e. The third-order valence-corrected chi connectivity index (χ3v) is 2.91. The van der Waals surface area contributed by atoms with Gasteiger partial charge >= 0.3 is 6.18 Å². The normalized spacial score (nSPS) is 12.1. The van der Waals surface area contributed by atoms with Crippen molar-refractivity contribution >= 4 is 0 Å². The van der Waals surface area contributed by atoms with Gasteiger partial charge in [0.15, 0.2) is 5.69 Å². The molecule has 0 saturated carbocycles. The maximum atomic E-state index is 13.0. The number of rotatable bonds is 3. The van der Waals surface area contributed by atoms with Gasteiger partial charge in [0, 0.05) is 37.6 Å². The van der Waals surface area contributed by atoms with Crippen molar-refractivity contribution in [1.29, 1.82) is 0 Å². The van der Waals surface area contributed by atoms with Crippen LogP contribution in [0, 0.1) is 0 Å². The van der Waals surface area contributed by atoms with Gasteiger partial charge in [-0.15, -0.1) is 0 Å². The highest BCUT2D eigenvalue weighted by Crippen LogP contribution is 2.36. The van der Waals surface area contributed by atoms with Crippen LogP contribution in [0.3, 0.4) is 0 Å². The summed E-state index contributed by atoms with van der Waals surface area (Å²) in [5.74, 6) is 0. The lowest BCUT2D eigenvalue weighted by atomic mass is 10.0. The maximum absolute atomic E-state index is 13.0. The van der Waals surface area contributed by atoms with E-state index in [1.807, 2.05) is 7.05 Å². The molecule has 0 unspecified atom stereocenters. The smallest absolute Gasteiger partial charge is 0.357 e. The molecule has 0 amide bonds. The van der Waals surface area contributed by atoms with Crippen LogP contribution in [0.5, 0.6) is 0 Å². The first-order valence-electron chi connectivity index (χ1n) is 5.80. The Morgan fingerprint density at radius 2 is 2.00 bits per heavy atom. The lowest BCUT2D eigenvalue weighted by molar-refractivity contribution is -0.142. The van der Waals surface area contributed by atoms with Crippen LogP contribution in [0.2, 0.25) is 0 Å². The SMILES string of the molecule is Cn1ccc(-c2c(CCN)c(C(F)(F)F)nn2C)c1. The fourth-order valence-electron chi connectivity index (χ4n) is 2.18. The standard InChI is InChI=1S/C12H15F3N4/c1-18-6-4-8(7-18)10-9(3-5-16)11(12(13,14)15)17-19(10)2/h4,6-7H,3,5,16H2,1-2H3. The van der Waals surface area contributed by atoms with Gasteiger partial charge in [0.05, 0.1) is 5.69 Å². The zero-order valence-corrected chi connectivity index (χ0v) is 10.7. The quantitative estimate of drug-likeness (QED) is 0.928. The van der Waals surface area contributed by atoms with Crippen LogP contribution in [-0.2, 0) is 26.7 Å². The molecule has 0 radical (unpaired) electrons. The molecule has 0 saturated heterocycles. The molecular formula is C12H15F3N4. The van der Waals surface area contributed by atoms with Crippen LogP contribution in [0.25, 0.3) is 11.3 Å². The van der Waals surface area contributed by atoms with E-state index < -0.39 is 11.9 Å². The molecule has 2 aromatic heterocycles. The predicted octanol–water partition coefficient (Wildman–Crippen LogP) is 1.95. The number of aryl methyl sites for hydroxylation is 2. The minimum absolute atomic E-state index is 0.146. The molecule has 0 aliphatic carbocycles. The van der Waals surface area contributed by atoms with Gasteiger partial charge in [0.2, 0.25) is 0 Å². The van der Waals surface area contributed by atoms with Gasteiger partial charge in [0.1, 0.15) is 0 Å². The summed E-state index contributed by atoms with van der Waals surface area (Å²) in [5, 5.41) is 3.61. The van der Waals surface area contributed by atoms with E-state index in [1.54, 1.807) is 23.0 Å². The molecule has 104 valence electrons. The number of hydrogen-bond acceptors (Lipinski definition) is 2. The Morgan fingerprint density at radius 3 is 2.47 bits per heavy atom. The highest BCUT2D eigenvalue weighted by molar-refractivity contribution is 5.64. The first-order chi connectivity index (χ1) is 8.84. The molecule has 19 heavy (non-hydrogen) atoms. The summed E-state index contributed by atoms with van der Waals surface area (Å²) in [5.41, 5.74) is 5.91. The average molecular weight is 272 g/mol. The Balaban J connectivity index is 2.63. The molecule has 2 rings (SSSR count). The zero-order valence-electron chi connectivity index (χ0n) is 10.7. The van der Waals surface area contributed by atoms with E-state index in [0.717, 1.165) is 0 Å². The predicted molar refractivity (Wildman–Crippen MR) is 65.4 cm³/mol. The number of nitrogens with zero attached hydrogens (tertiary/aromatic N) is 3. The fraction of sp³-hybridized carbons (Fsp3) is 0.417. The second-order valence-corrected chi connectivity index (χ2v) is 4.40. The first kappa shape index (κ1) is 13.7. The largest absolute Gasteiger partial charge is 0.435 e. The van der Waals surface area contributed by atoms with Crippen LogP contribution < -0.4 is 5.73 Å². The number of alkyl halides is 3. The summed E-state index contributed by atoms with van der Waals surface area (Å²) in [6.07, 6.45) is -0.777. The van der Waals surface area contributed by atoms with Crippen molar-refractivity contribution in [3.05, 3.63) is 29.7 Å². The van der Waals surface area contributed by atoms with Gasteiger partial charge in [-0.25, -0.2) is 0 Å². The summed E-state index contributed by atoms with van der Waals surface area (Å²) < 4.78 is 41.9. The zero-order chi connectivity index (χ0) is 14.2. The lowest BCUT2D eigenvalue weighted by Crippen LogP contribution is -2.12. The summed E-state index contributed by atoms with van der Waals surface area (Å²) in [7, 11) is 3.32. The van der Waals surface area contributed by atoms with Gasteiger partial charge in [-0.2, -0.15) is 18.3 Å². The van der Waals surface area contributed by atoms with Crippen LogP contribution in [-0.4, -0.2) is 20.9 Å². The van der Waals surface area contributed by atoms with Crippen molar-refractivity contribution in [3.8, 4) is 11.3 Å². The molecule has 2 N–H and O–H groups in total. The van der Waals surface area contributed by atoms with Gasteiger partial charge < -0.3 is 10.3 Å². The Labute approximate surface area is 108 Å². The van der Waals surface area contributed by atoms with Gasteiger partial charge in [-0.3, -0.25) is 4.68 Å². The highest BCUT2D eigenvalue weighted by Gasteiger charge is 2.38. The van der Waals surface area contributed by atoms with Gasteiger partial charge in [-0.05, 0) is 19.0 Å². The molecule has 0 aliphatic rings. The maximum Gasteiger partial charge on any atom is 0.435 e. The van der Waals surface area contributed by atoms with Crippen molar-refractivity contribution in [1.82, 2.24) is 14.3 Å². The van der Waals surface area contributed by atoms with Crippen molar-refractivity contribution in [3.63, 3.8) is 0 Å². The molecule has 0 aliphatic heterocycles. The molecule has 4 nitrogen and oxygen atoms in total. The van der Waals surface area contributed by atoms with E-state index in [0.29, 0.717) is 11.3 Å². The lowest BCUT2D eigenvalue weighted by Gasteiger charge is -2.07. The van der Waals surface area contributed by atoms with Gasteiger partial charge in [-0.1, -0.05) is 0 Å². The van der Waals surface area contributed by atoms with E-state index in [1.165, 1.54) is 11.7 Å². The summed E-state index contributed by atoms with van der Waals surface area (Å²) in [4.78, 5) is 0. The van der Waals surface area contributed by atoms with Crippen molar-refractivity contribution in [2.24, 2.45) is 19.8 Å². The average Bonchev–Trinajstić information content (AvgIpc) is 2.83. The summed E-state index contributed by atoms with van der Waals surface area (Å²) >= 11 is 0. The first-order valence-corrected chi connectivity index (χ1v) is 5.80. The Hall–Kier alpha value is -1.76. The van der Waals surface area contributed by atoms with Crippen LogP contribution >= 0.6 is 0 Å². The molecule has 2 heterocycles. The molecule has 0 bridgehead atoms. The second kappa shape index (κ2) is 4.73. The van der Waals surface area contributed by atoms with Crippen molar-refractivity contribution < 1.29 is 13.2 Å². The molecular weight excluding hydrogens is 257 g/mol. The third kappa shape index (κ3) is 2.51. The molecule has 7 heteroatoms. The Bertz CT molecular complexity index is 580. The Morgan fingerprint density at radius 1 is 1.32 bits per heavy atom. The topological polar surface area (TPSA) is 48.8 Å². The van der Waals surface area contributed by atoms with E-state index in [2.05, 4.69) is 5.10 Å². The highest BCUT2D eigenvalue weighted by atomic mass is 19.4. The van der Waals surface area contributed by atoms with Crippen LogP contribution in [0.15, 0.2) is 18.5 Å². The fourth-order valence-corrected chi connectivity index (χ4v) is 2.18. The van der Waals surface area contributed by atoms with Crippen molar-refractivity contribution in [2.45, 2.75) is 12.6 Å². The number of nitrogens with two attached hydrogens (primary N) is 1. The monoisotopic (exact) mass is 272 g/mol. The van der Waals surface area contributed by atoms with E-state index >= 15 is 0 Å². The molecule has 0 atom stereocenters. The molecule has 0 fully saturated rings. The van der Waals surface area contributed by atoms with Gasteiger partial charge in [0.25, 0.3) is 0 Å². The van der Waals surface area contributed by atoms with Crippen LogP contribution in [0.1, 0.15) is 11.3 Å². The van der Waals surface area contributed by atoms with E-state index in [9.17, 15) is 13.2 Å². The van der Waals surface area contributed by atoms with Crippen LogP contribution in [0.4, 0.5) is 13.2 Å². The van der Waals surface area contributed by atoms with Crippen molar-refractivity contribution in [2.75, 3.05) is 6.54 Å². The number of hydrogen-bond donors (Lipinski definition) is 1. The summed E-state index contributed by atoms with van der Waals surface area (Å²) in [6.45, 7) is 0.147. The molecule has 0 aromatic carbocycles. The minimum atomic E-state index is -4.46. The van der Waals surface area contributed by atoms with E-state index in [-0.39, 0.29) is 18.5 Å². The number of aromatic nitrogens is 3. The third-order valence-electron chi connectivity index (χ3n) is 2.91.